The fourth-order valence-corrected chi connectivity index (χ4v) is 5.78. The van der Waals surface area contributed by atoms with Crippen molar-refractivity contribution in [1.29, 1.82) is 0 Å². The van der Waals surface area contributed by atoms with Crippen LogP contribution in [-0.4, -0.2) is 58.6 Å². The van der Waals surface area contributed by atoms with Crippen LogP contribution < -0.4 is 15.1 Å². The molecule has 0 atom stereocenters. The zero-order chi connectivity index (χ0) is 30.6. The predicted molar refractivity (Wildman–Crippen MR) is 147 cm³/mol. The normalized spacial score (nSPS) is 16.6. The van der Waals surface area contributed by atoms with Crippen molar-refractivity contribution >= 4 is 34.4 Å². The number of alkyl halides is 2. The number of amides is 2. The van der Waals surface area contributed by atoms with Crippen molar-refractivity contribution in [3.63, 3.8) is 0 Å². The van der Waals surface area contributed by atoms with Crippen LogP contribution in [-0.2, 0) is 0 Å². The first-order valence-corrected chi connectivity index (χ1v) is 13.5. The highest BCUT2D eigenvalue weighted by Gasteiger charge is 2.37. The maximum Gasteiger partial charge on any atom is 0.387 e. The SMILES string of the molecule is [C-]#[N+]C(CN1C(=O)c2ccccc2C1=O)=C1CCN(c2c(F)cc3c(=O)c(C(=O)O)cn(C4CC4)c3c2OC(F)F)CC1. The van der Waals surface area contributed by atoms with E-state index in [1.165, 1.54) is 9.47 Å². The van der Waals surface area contributed by atoms with Crippen LogP contribution in [0.2, 0.25) is 0 Å². The van der Waals surface area contributed by atoms with E-state index in [4.69, 9.17) is 11.3 Å². The Kier molecular flexibility index (Phi) is 6.92. The summed E-state index contributed by atoms with van der Waals surface area (Å²) in [7, 11) is 0. The summed E-state index contributed by atoms with van der Waals surface area (Å²) in [6.07, 6.45) is 2.73. The molecule has 3 aliphatic rings. The first-order valence-electron chi connectivity index (χ1n) is 13.5. The fourth-order valence-electron chi connectivity index (χ4n) is 5.78. The van der Waals surface area contributed by atoms with Gasteiger partial charge in [0.15, 0.2) is 17.3 Å². The van der Waals surface area contributed by atoms with Crippen molar-refractivity contribution in [3.05, 3.63) is 91.9 Å². The molecule has 2 aromatic carbocycles. The van der Waals surface area contributed by atoms with Crippen molar-refractivity contribution in [1.82, 2.24) is 9.47 Å². The Hall–Kier alpha value is -5.12. The highest BCUT2D eigenvalue weighted by molar-refractivity contribution is 6.21. The Balaban J connectivity index is 1.35. The second-order valence-electron chi connectivity index (χ2n) is 10.5. The van der Waals surface area contributed by atoms with Gasteiger partial charge in [0.2, 0.25) is 5.43 Å². The van der Waals surface area contributed by atoms with Crippen LogP contribution in [0.25, 0.3) is 15.7 Å². The summed E-state index contributed by atoms with van der Waals surface area (Å²) in [5, 5.41) is 9.14. The van der Waals surface area contributed by atoms with E-state index in [9.17, 15) is 33.1 Å². The minimum absolute atomic E-state index is 0.0827. The maximum atomic E-state index is 15.7. The zero-order valence-electron chi connectivity index (χ0n) is 22.5. The van der Waals surface area contributed by atoms with Gasteiger partial charge in [0.1, 0.15) is 11.3 Å². The minimum Gasteiger partial charge on any atom is -0.477 e. The number of halogens is 3. The Bertz CT molecular complexity index is 1810. The van der Waals surface area contributed by atoms with Crippen LogP contribution >= 0.6 is 0 Å². The average molecular weight is 593 g/mol. The number of aromatic carboxylic acids is 1. The Labute approximate surface area is 242 Å². The minimum atomic E-state index is -3.36. The third-order valence-electron chi connectivity index (χ3n) is 7.99. The standard InChI is InChI=1S/C30H23F3N4O6/c1-34-22(14-37-27(39)17-4-2-3-5-18(17)28(37)40)15-8-10-35(11-9-15)24-21(31)12-19-23(26(24)43-30(32)33)36(16-6-7-16)13-20(25(19)38)29(41)42/h2-5,12-13,16,30H,6-11,14H2,(H,41,42). The van der Waals surface area contributed by atoms with E-state index in [0.29, 0.717) is 18.4 Å². The zero-order valence-corrected chi connectivity index (χ0v) is 22.5. The number of benzene rings is 2. The summed E-state index contributed by atoms with van der Waals surface area (Å²) < 4.78 is 49.3. The van der Waals surface area contributed by atoms with Crippen LogP contribution in [0, 0.1) is 12.4 Å². The summed E-state index contributed by atoms with van der Waals surface area (Å²) in [4.78, 5) is 56.3. The molecule has 6 rings (SSSR count). The van der Waals surface area contributed by atoms with Gasteiger partial charge in [0.25, 0.3) is 11.8 Å². The molecule has 1 aliphatic carbocycles. The fraction of sp³-hybridized carbons (Fsp3) is 0.300. The van der Waals surface area contributed by atoms with Gasteiger partial charge in [0, 0.05) is 25.3 Å². The monoisotopic (exact) mass is 592 g/mol. The van der Waals surface area contributed by atoms with Crippen molar-refractivity contribution in [2.45, 2.75) is 38.3 Å². The van der Waals surface area contributed by atoms with Gasteiger partial charge >= 0.3 is 12.6 Å². The summed E-state index contributed by atoms with van der Waals surface area (Å²) in [6, 6.07) is 6.96. The molecule has 1 saturated carbocycles. The van der Waals surface area contributed by atoms with Gasteiger partial charge < -0.3 is 19.3 Å². The predicted octanol–water partition coefficient (Wildman–Crippen LogP) is 4.84. The van der Waals surface area contributed by atoms with Gasteiger partial charge in [-0.1, -0.05) is 17.7 Å². The van der Waals surface area contributed by atoms with E-state index < -0.39 is 47.0 Å². The lowest BCUT2D eigenvalue weighted by molar-refractivity contribution is -0.0488. The first-order chi connectivity index (χ1) is 20.6. The van der Waals surface area contributed by atoms with Crippen LogP contribution in [0.5, 0.6) is 5.75 Å². The molecule has 13 heteroatoms. The molecule has 0 radical (unpaired) electrons. The van der Waals surface area contributed by atoms with Crippen molar-refractivity contribution in [3.8, 4) is 5.75 Å². The number of ether oxygens (including phenoxy) is 1. The number of pyridine rings is 1. The van der Waals surface area contributed by atoms with E-state index in [2.05, 4.69) is 4.85 Å². The van der Waals surface area contributed by atoms with E-state index in [-0.39, 0.29) is 71.9 Å². The van der Waals surface area contributed by atoms with Crippen molar-refractivity contribution in [2.75, 3.05) is 24.5 Å². The molecule has 2 fully saturated rings. The molecule has 0 spiro atoms. The van der Waals surface area contributed by atoms with Gasteiger partial charge in [-0.3, -0.25) is 19.3 Å². The number of rotatable bonds is 7. The number of fused-ring (bicyclic) bond motifs is 2. The molecule has 1 N–H and O–H groups in total. The van der Waals surface area contributed by atoms with Gasteiger partial charge in [-0.15, -0.1) is 0 Å². The largest absolute Gasteiger partial charge is 0.477 e. The average Bonchev–Trinajstić information content (AvgIpc) is 3.80. The number of aromatic nitrogens is 1. The van der Waals surface area contributed by atoms with Crippen LogP contribution in [0.4, 0.5) is 18.9 Å². The van der Waals surface area contributed by atoms with E-state index in [1.54, 1.807) is 24.3 Å². The Morgan fingerprint density at radius 2 is 1.72 bits per heavy atom. The van der Waals surface area contributed by atoms with Gasteiger partial charge in [-0.05, 0) is 43.9 Å². The number of carbonyl (C=O) groups is 3. The number of piperidine rings is 1. The van der Waals surface area contributed by atoms with Crippen LogP contribution in [0.3, 0.4) is 0 Å². The molecule has 0 bridgehead atoms. The highest BCUT2D eigenvalue weighted by atomic mass is 19.3. The molecule has 10 nitrogen and oxygen atoms in total. The maximum absolute atomic E-state index is 15.7. The third kappa shape index (κ3) is 4.78. The van der Waals surface area contributed by atoms with Gasteiger partial charge in [0.05, 0.1) is 35.1 Å². The molecule has 0 unspecified atom stereocenters. The lowest BCUT2D eigenvalue weighted by Gasteiger charge is -2.33. The summed E-state index contributed by atoms with van der Waals surface area (Å²) >= 11 is 0. The van der Waals surface area contributed by atoms with Crippen LogP contribution in [0.15, 0.2) is 52.6 Å². The summed E-state index contributed by atoms with van der Waals surface area (Å²) in [6.45, 7) is 4.28. The highest BCUT2D eigenvalue weighted by Crippen LogP contribution is 2.45. The van der Waals surface area contributed by atoms with Gasteiger partial charge in [-0.2, -0.15) is 8.78 Å². The summed E-state index contributed by atoms with van der Waals surface area (Å²) in [5.41, 5.74) is -0.668. The molecule has 220 valence electrons. The van der Waals surface area contributed by atoms with E-state index in [0.717, 1.165) is 17.2 Å². The lowest BCUT2D eigenvalue weighted by atomic mass is 9.99. The number of imide groups is 1. The molecule has 3 heterocycles. The number of carbonyl (C=O) groups excluding carboxylic acids is 2. The van der Waals surface area contributed by atoms with E-state index in [1.807, 2.05) is 0 Å². The number of nitrogens with zero attached hydrogens (tertiary/aromatic N) is 4. The Morgan fingerprint density at radius 3 is 2.26 bits per heavy atom. The molecule has 1 aromatic heterocycles. The van der Waals surface area contributed by atoms with Crippen LogP contribution in [0.1, 0.15) is 62.8 Å². The molecule has 2 amide bonds. The molecule has 3 aromatic rings. The second-order valence-corrected chi connectivity index (χ2v) is 10.5. The lowest BCUT2D eigenvalue weighted by Crippen LogP contribution is -2.35. The third-order valence-corrected chi connectivity index (χ3v) is 7.99. The van der Waals surface area contributed by atoms with E-state index >= 15 is 4.39 Å². The number of carboxylic acid groups (broad SMARTS) is 1. The molecular formula is C30H23F3N4O6. The summed E-state index contributed by atoms with van der Waals surface area (Å²) in [5.74, 6) is -4.11. The van der Waals surface area contributed by atoms with Crippen molar-refractivity contribution in [2.24, 2.45) is 0 Å². The molecule has 1 saturated heterocycles. The molecular weight excluding hydrogens is 569 g/mol. The Morgan fingerprint density at radius 1 is 1.09 bits per heavy atom. The van der Waals surface area contributed by atoms with Gasteiger partial charge in [-0.25, -0.2) is 14.0 Å². The number of anilines is 1. The van der Waals surface area contributed by atoms with Crippen molar-refractivity contribution < 1.29 is 37.4 Å². The smallest absolute Gasteiger partial charge is 0.387 e. The molecule has 2 aliphatic heterocycles. The molecule has 43 heavy (non-hydrogen) atoms. The quantitative estimate of drug-likeness (QED) is 0.309. The first kappa shape index (κ1) is 28.0. The number of hydrogen-bond donors (Lipinski definition) is 1. The number of hydrogen-bond acceptors (Lipinski definition) is 6. The second kappa shape index (κ2) is 10.6. The number of carboxylic acids is 1. The topological polar surface area (TPSA) is 114 Å².